The minimum Gasteiger partial charge on any atom is -0.398 e. The molecule has 1 aliphatic heterocycles. The molecule has 0 amide bonds. The van der Waals surface area contributed by atoms with Crippen LogP contribution < -0.4 is 11.3 Å². The van der Waals surface area contributed by atoms with Gasteiger partial charge in [-0.05, 0) is 13.0 Å². The van der Waals surface area contributed by atoms with Gasteiger partial charge in [-0.3, -0.25) is 9.32 Å². The maximum absolute atomic E-state index is 12.2. The van der Waals surface area contributed by atoms with Crippen LogP contribution in [0.1, 0.15) is 13.2 Å². The summed E-state index contributed by atoms with van der Waals surface area (Å²) in [5.74, 6) is 0. The lowest BCUT2D eigenvalue weighted by molar-refractivity contribution is -0.102. The van der Waals surface area contributed by atoms with Crippen LogP contribution in [0, 0.1) is 0 Å². The lowest BCUT2D eigenvalue weighted by atomic mass is 9.97. The highest BCUT2D eigenvalue weighted by Crippen LogP contribution is 2.66. The summed E-state index contributed by atoms with van der Waals surface area (Å²) < 4.78 is 52.6. The number of aliphatic hydroxyl groups excluding tert-OH is 1. The van der Waals surface area contributed by atoms with E-state index in [4.69, 9.17) is 20.3 Å². The summed E-state index contributed by atoms with van der Waals surface area (Å²) in [7, 11) is -16.9. The van der Waals surface area contributed by atoms with Gasteiger partial charge in [-0.15, -0.1) is 0 Å². The molecule has 1 aromatic carbocycles. The second kappa shape index (κ2) is 9.29. The van der Waals surface area contributed by atoms with Gasteiger partial charge in [-0.25, -0.2) is 23.5 Å². The minimum absolute atomic E-state index is 0.160. The number of nitrogens with zero attached hydrogens (tertiary/aromatic N) is 3. The highest BCUT2D eigenvalue weighted by molar-refractivity contribution is 7.66. The van der Waals surface area contributed by atoms with Gasteiger partial charge in [0.2, 0.25) is 0 Å². The average Bonchev–Trinajstić information content (AvgIpc) is 3.11. The highest BCUT2D eigenvalue weighted by atomic mass is 31.3. The maximum atomic E-state index is 12.2. The SMILES string of the molecule is C[C@@]1(O)[C@H](O)[C@@H](COP(=O)(O)OP(=O)(O)OP(=O)(O)O)O[C@H]1n1cc2c(N)cc3c(=O)[nH]ncc(n1)c23. The Hall–Kier alpha value is -2.08. The molecule has 1 aliphatic rings. The lowest BCUT2D eigenvalue weighted by Gasteiger charge is -2.27. The number of H-pyrrole nitrogens is 1. The molecule has 0 radical (unpaired) electrons. The summed E-state index contributed by atoms with van der Waals surface area (Å²) in [6, 6.07) is 1.40. The summed E-state index contributed by atoms with van der Waals surface area (Å²) in [5.41, 5.74) is 3.74. The van der Waals surface area contributed by atoms with E-state index in [-0.39, 0.29) is 16.6 Å². The predicted molar refractivity (Wildman–Crippen MR) is 120 cm³/mol. The third-order valence-electron chi connectivity index (χ3n) is 5.30. The van der Waals surface area contributed by atoms with Crippen molar-refractivity contribution in [3.63, 3.8) is 0 Å². The predicted octanol–water partition coefficient (Wildman–Crippen LogP) is -0.792. The fraction of sp³-hybridized carbons (Fsp3) is 0.400. The number of aliphatic hydroxyl groups is 2. The molecule has 3 heterocycles. The van der Waals surface area contributed by atoms with Gasteiger partial charge >= 0.3 is 23.5 Å². The summed E-state index contributed by atoms with van der Waals surface area (Å²) in [4.78, 5) is 48.2. The largest absolute Gasteiger partial charge is 0.490 e. The second-order valence-electron chi connectivity index (χ2n) is 8.08. The van der Waals surface area contributed by atoms with Gasteiger partial charge in [-0.1, -0.05) is 0 Å². The number of rotatable bonds is 8. The topological polar surface area (TPSA) is 299 Å². The molecule has 0 bridgehead atoms. The third kappa shape index (κ3) is 5.69. The average molecular weight is 587 g/mol. The van der Waals surface area contributed by atoms with E-state index in [1.54, 1.807) is 0 Å². The van der Waals surface area contributed by atoms with E-state index in [1.807, 2.05) is 0 Å². The zero-order chi connectivity index (χ0) is 27.6. The molecule has 0 aliphatic carbocycles. The number of aromatic nitrogens is 4. The van der Waals surface area contributed by atoms with E-state index in [9.17, 15) is 38.5 Å². The number of phosphoric ester groups is 1. The number of nitrogens with one attached hydrogen (secondary N) is 1. The summed E-state index contributed by atoms with van der Waals surface area (Å²) >= 11 is 0. The number of nitrogens with two attached hydrogens (primary N) is 1. The van der Waals surface area contributed by atoms with Crippen molar-refractivity contribution in [1.29, 1.82) is 0 Å². The number of ether oxygens (including phenoxy) is 1. The molecule has 0 spiro atoms. The first-order valence-corrected chi connectivity index (χ1v) is 14.4. The molecule has 0 saturated carbocycles. The van der Waals surface area contributed by atoms with Crippen LogP contribution in [0.15, 0.2) is 23.3 Å². The summed E-state index contributed by atoms with van der Waals surface area (Å²) in [6.45, 7) is 0.137. The van der Waals surface area contributed by atoms with Crippen LogP contribution in [0.5, 0.6) is 0 Å². The molecule has 6 atom stereocenters. The molecule has 22 heteroatoms. The van der Waals surface area contributed by atoms with Gasteiger partial charge in [0.05, 0.1) is 18.2 Å². The van der Waals surface area contributed by atoms with Gasteiger partial charge in [0, 0.05) is 22.7 Å². The Morgan fingerprint density at radius 3 is 2.51 bits per heavy atom. The molecule has 1 fully saturated rings. The molecule has 1 saturated heterocycles. The molecule has 3 aromatic rings. The van der Waals surface area contributed by atoms with Crippen LogP contribution in [0.25, 0.3) is 21.7 Å². The summed E-state index contributed by atoms with van der Waals surface area (Å²) in [6.07, 6.45) is -2.26. The van der Waals surface area contributed by atoms with E-state index >= 15 is 0 Å². The number of hydrogen-bond acceptors (Lipinski definition) is 13. The van der Waals surface area contributed by atoms with Crippen molar-refractivity contribution in [3.8, 4) is 0 Å². The zero-order valence-electron chi connectivity index (χ0n) is 18.4. The van der Waals surface area contributed by atoms with Gasteiger partial charge in [0.1, 0.15) is 23.3 Å². The molecule has 204 valence electrons. The standard InChI is InChI=1S/C15H20N5O14P3/c1-15(23)12(21)10(5-31-36(27,28)34-37(29,30)33-35(24,25)26)32-14(15)20-4-7-8(16)2-6-11(7)9(19-20)3-17-18-13(6)22/h2-4,10,12,14,21,23H,5,16H2,1H3,(H,18,22)(H,27,28)(H,29,30)(H2,24,25,26)/t10-,12-,14-,15-/m1/s1. The number of nitrogen functional groups attached to an aromatic ring is 1. The first kappa shape index (κ1) is 27.9. The molecule has 19 nitrogen and oxygen atoms in total. The fourth-order valence-electron chi connectivity index (χ4n) is 3.78. The zero-order valence-corrected chi connectivity index (χ0v) is 21.1. The van der Waals surface area contributed by atoms with E-state index < -0.39 is 59.7 Å². The normalized spacial score (nSPS) is 27.9. The van der Waals surface area contributed by atoms with Crippen LogP contribution in [-0.4, -0.2) is 74.2 Å². The Kier molecular flexibility index (Phi) is 7.01. The lowest BCUT2D eigenvalue weighted by Crippen LogP contribution is -2.44. The summed E-state index contributed by atoms with van der Waals surface area (Å²) in [5, 5.41) is 32.7. The van der Waals surface area contributed by atoms with Crippen LogP contribution in [-0.2, 0) is 31.6 Å². The number of hydrogen-bond donors (Lipinski definition) is 8. The minimum atomic E-state index is -5.76. The molecule has 2 aromatic heterocycles. The first-order valence-electron chi connectivity index (χ1n) is 9.89. The van der Waals surface area contributed by atoms with Crippen molar-refractivity contribution in [1.82, 2.24) is 20.0 Å². The Morgan fingerprint density at radius 1 is 1.19 bits per heavy atom. The number of aromatic amines is 1. The number of anilines is 1. The quantitative estimate of drug-likeness (QED) is 0.150. The molecular formula is C15H20N5O14P3. The maximum Gasteiger partial charge on any atom is 0.490 e. The van der Waals surface area contributed by atoms with E-state index in [0.717, 1.165) is 11.6 Å². The fourth-order valence-corrected chi connectivity index (χ4v) is 6.81. The molecule has 4 rings (SSSR count). The molecule has 9 N–H and O–H groups in total. The highest BCUT2D eigenvalue weighted by Gasteiger charge is 2.54. The molecule has 37 heavy (non-hydrogen) atoms. The Bertz CT molecular complexity index is 1570. The van der Waals surface area contributed by atoms with Crippen molar-refractivity contribution in [3.05, 3.63) is 28.8 Å². The number of phosphoric acid groups is 3. The van der Waals surface area contributed by atoms with Crippen molar-refractivity contribution >= 4 is 50.8 Å². The van der Waals surface area contributed by atoms with Gasteiger partial charge in [-0.2, -0.15) is 18.8 Å². The monoisotopic (exact) mass is 587 g/mol. The van der Waals surface area contributed by atoms with E-state index in [1.165, 1.54) is 18.5 Å². The van der Waals surface area contributed by atoms with Gasteiger partial charge in [0.15, 0.2) is 6.23 Å². The van der Waals surface area contributed by atoms with E-state index in [2.05, 4.69) is 28.4 Å². The molecular weight excluding hydrogens is 567 g/mol. The smallest absolute Gasteiger partial charge is 0.398 e. The van der Waals surface area contributed by atoms with Gasteiger partial charge in [0.25, 0.3) is 5.56 Å². The van der Waals surface area contributed by atoms with E-state index in [0.29, 0.717) is 10.8 Å². The Labute approximate surface area is 204 Å². The second-order valence-corrected chi connectivity index (χ2v) is 12.5. The van der Waals surface area contributed by atoms with Crippen LogP contribution in [0.3, 0.4) is 0 Å². The van der Waals surface area contributed by atoms with Gasteiger partial charge < -0.3 is 40.3 Å². The van der Waals surface area contributed by atoms with Crippen LogP contribution in [0.4, 0.5) is 5.69 Å². The van der Waals surface area contributed by atoms with Crippen molar-refractivity contribution in [2.75, 3.05) is 12.3 Å². The van der Waals surface area contributed by atoms with Crippen LogP contribution in [0.2, 0.25) is 0 Å². The van der Waals surface area contributed by atoms with Crippen molar-refractivity contribution in [2.24, 2.45) is 0 Å². The molecule has 2 unspecified atom stereocenters. The Balaban J connectivity index is 1.59. The van der Waals surface area contributed by atoms with Crippen molar-refractivity contribution in [2.45, 2.75) is 31.0 Å². The third-order valence-corrected chi connectivity index (χ3v) is 9.10. The first-order chi connectivity index (χ1) is 16.9. The Morgan fingerprint density at radius 2 is 1.86 bits per heavy atom. The van der Waals surface area contributed by atoms with Crippen molar-refractivity contribution < 1.29 is 61.4 Å². The van der Waals surface area contributed by atoms with Crippen LogP contribution >= 0.6 is 23.5 Å².